The number of hydrogen-bond donors (Lipinski definition) is 1. The van der Waals surface area contributed by atoms with Gasteiger partial charge in [-0.3, -0.25) is 4.99 Å². The second-order valence-electron chi connectivity index (χ2n) is 6.42. The van der Waals surface area contributed by atoms with Crippen LogP contribution in [-0.2, 0) is 6.42 Å². The number of rotatable bonds is 4. The fourth-order valence-electron chi connectivity index (χ4n) is 3.40. The summed E-state index contributed by atoms with van der Waals surface area (Å²) in [5.41, 5.74) is 7.56. The number of nitrogens with zero attached hydrogens (tertiary/aromatic N) is 4. The molecule has 6 heteroatoms. The molecule has 2 aromatic carbocycles. The summed E-state index contributed by atoms with van der Waals surface area (Å²) in [6.45, 7) is 4.37. The molecule has 1 aliphatic heterocycles. The number of benzene rings is 2. The van der Waals surface area contributed by atoms with Gasteiger partial charge in [0.25, 0.3) is 0 Å². The van der Waals surface area contributed by atoms with Gasteiger partial charge >= 0.3 is 0 Å². The van der Waals surface area contributed by atoms with Gasteiger partial charge in [0.1, 0.15) is 0 Å². The third kappa shape index (κ3) is 3.65. The van der Waals surface area contributed by atoms with Crippen LogP contribution in [0.5, 0.6) is 0 Å². The Bertz CT molecular complexity index is 877. The van der Waals surface area contributed by atoms with E-state index < -0.39 is 0 Å². The molecule has 2 heterocycles. The zero-order valence-electron chi connectivity index (χ0n) is 14.7. The average molecular weight is 366 g/mol. The Morgan fingerprint density at radius 2 is 1.88 bits per heavy atom. The van der Waals surface area contributed by atoms with Crippen molar-refractivity contribution in [2.75, 3.05) is 37.6 Å². The topological polar surface area (TPSA) is 57.8 Å². The number of aromatic nitrogens is 1. The SMILES string of the molecule is NC(=NCCc1cccc2ccccc12)N1CCN(c2nccs2)CC1. The molecule has 0 spiro atoms. The van der Waals surface area contributed by atoms with Gasteiger partial charge in [-0.05, 0) is 22.8 Å². The van der Waals surface area contributed by atoms with Crippen molar-refractivity contribution < 1.29 is 0 Å². The molecule has 26 heavy (non-hydrogen) atoms. The Morgan fingerprint density at radius 3 is 2.69 bits per heavy atom. The van der Waals surface area contributed by atoms with Crippen molar-refractivity contribution in [1.82, 2.24) is 9.88 Å². The van der Waals surface area contributed by atoms with E-state index >= 15 is 0 Å². The van der Waals surface area contributed by atoms with Gasteiger partial charge in [0.05, 0.1) is 0 Å². The third-order valence-corrected chi connectivity index (χ3v) is 5.66. The van der Waals surface area contributed by atoms with Crippen LogP contribution in [0.25, 0.3) is 10.8 Å². The van der Waals surface area contributed by atoms with Gasteiger partial charge in [0.15, 0.2) is 11.1 Å². The lowest BCUT2D eigenvalue weighted by atomic mass is 10.0. The number of anilines is 1. The van der Waals surface area contributed by atoms with Gasteiger partial charge in [-0.15, -0.1) is 11.3 Å². The lowest BCUT2D eigenvalue weighted by Crippen LogP contribution is -2.51. The first-order valence-electron chi connectivity index (χ1n) is 8.97. The predicted molar refractivity (Wildman–Crippen MR) is 110 cm³/mol. The highest BCUT2D eigenvalue weighted by atomic mass is 32.1. The van der Waals surface area contributed by atoms with Crippen molar-refractivity contribution in [3.8, 4) is 0 Å². The molecule has 0 atom stereocenters. The molecule has 3 aromatic rings. The fraction of sp³-hybridized carbons (Fsp3) is 0.300. The van der Waals surface area contributed by atoms with Gasteiger partial charge in [-0.25, -0.2) is 4.98 Å². The molecular formula is C20H23N5S. The second kappa shape index (κ2) is 7.74. The van der Waals surface area contributed by atoms with Gasteiger partial charge in [-0.2, -0.15) is 0 Å². The number of aliphatic imine (C=N–C) groups is 1. The summed E-state index contributed by atoms with van der Waals surface area (Å²) in [4.78, 5) is 13.5. The third-order valence-electron chi connectivity index (χ3n) is 4.83. The van der Waals surface area contributed by atoms with Crippen LogP contribution in [-0.4, -0.2) is 48.6 Å². The van der Waals surface area contributed by atoms with Crippen LogP contribution in [0, 0.1) is 0 Å². The van der Waals surface area contributed by atoms with Crippen LogP contribution in [0.3, 0.4) is 0 Å². The smallest absolute Gasteiger partial charge is 0.191 e. The van der Waals surface area contributed by atoms with Crippen LogP contribution in [0.2, 0.25) is 0 Å². The Balaban J connectivity index is 1.34. The van der Waals surface area contributed by atoms with Crippen molar-refractivity contribution in [2.24, 2.45) is 10.7 Å². The van der Waals surface area contributed by atoms with E-state index in [-0.39, 0.29) is 0 Å². The molecular weight excluding hydrogens is 342 g/mol. The minimum absolute atomic E-state index is 0.657. The van der Waals surface area contributed by atoms with Crippen molar-refractivity contribution in [3.63, 3.8) is 0 Å². The first kappa shape index (κ1) is 16.8. The molecule has 2 N–H and O–H groups in total. The maximum Gasteiger partial charge on any atom is 0.191 e. The van der Waals surface area contributed by atoms with E-state index in [1.807, 2.05) is 11.6 Å². The van der Waals surface area contributed by atoms with Crippen molar-refractivity contribution in [3.05, 3.63) is 59.6 Å². The first-order chi connectivity index (χ1) is 12.8. The number of nitrogens with two attached hydrogens (primary N) is 1. The van der Waals surface area contributed by atoms with Crippen LogP contribution < -0.4 is 10.6 Å². The van der Waals surface area contributed by atoms with E-state index in [1.54, 1.807) is 11.3 Å². The summed E-state index contributed by atoms with van der Waals surface area (Å²) in [6.07, 6.45) is 2.76. The summed E-state index contributed by atoms with van der Waals surface area (Å²) in [7, 11) is 0. The summed E-state index contributed by atoms with van der Waals surface area (Å²) in [5.74, 6) is 0.657. The first-order valence-corrected chi connectivity index (χ1v) is 9.85. The fourth-order valence-corrected chi connectivity index (χ4v) is 4.10. The Morgan fingerprint density at radius 1 is 1.08 bits per heavy atom. The molecule has 0 unspecified atom stereocenters. The monoisotopic (exact) mass is 365 g/mol. The van der Waals surface area contributed by atoms with Crippen LogP contribution >= 0.6 is 11.3 Å². The largest absolute Gasteiger partial charge is 0.370 e. The molecule has 0 bridgehead atoms. The average Bonchev–Trinajstić information content (AvgIpc) is 3.23. The van der Waals surface area contributed by atoms with Crippen molar-refractivity contribution >= 4 is 33.2 Å². The molecule has 1 saturated heterocycles. The van der Waals surface area contributed by atoms with E-state index in [9.17, 15) is 0 Å². The summed E-state index contributed by atoms with van der Waals surface area (Å²) >= 11 is 1.69. The second-order valence-corrected chi connectivity index (χ2v) is 7.29. The quantitative estimate of drug-likeness (QED) is 0.570. The maximum atomic E-state index is 6.23. The molecule has 0 aliphatic carbocycles. The number of guanidine groups is 1. The Labute approximate surface area is 157 Å². The normalized spacial score (nSPS) is 15.6. The minimum Gasteiger partial charge on any atom is -0.370 e. The highest BCUT2D eigenvalue weighted by Crippen LogP contribution is 2.20. The molecule has 1 aromatic heterocycles. The van der Waals surface area contributed by atoms with E-state index in [0.29, 0.717) is 12.5 Å². The highest BCUT2D eigenvalue weighted by molar-refractivity contribution is 7.13. The molecule has 1 fully saturated rings. The minimum atomic E-state index is 0.657. The Kier molecular flexibility index (Phi) is 5.02. The zero-order chi connectivity index (χ0) is 17.8. The van der Waals surface area contributed by atoms with Crippen molar-refractivity contribution in [1.29, 1.82) is 0 Å². The van der Waals surface area contributed by atoms with Crippen molar-refractivity contribution in [2.45, 2.75) is 6.42 Å². The van der Waals surface area contributed by atoms with E-state index in [0.717, 1.165) is 37.7 Å². The number of piperazine rings is 1. The van der Waals surface area contributed by atoms with E-state index in [2.05, 4.69) is 62.2 Å². The summed E-state index contributed by atoms with van der Waals surface area (Å²) in [5, 5.41) is 5.70. The molecule has 4 rings (SSSR count). The summed E-state index contributed by atoms with van der Waals surface area (Å²) in [6, 6.07) is 14.9. The molecule has 0 saturated carbocycles. The number of hydrogen-bond acceptors (Lipinski definition) is 4. The van der Waals surface area contributed by atoms with Gasteiger partial charge in [-0.1, -0.05) is 42.5 Å². The van der Waals surface area contributed by atoms with Crippen LogP contribution in [0.15, 0.2) is 59.0 Å². The van der Waals surface area contributed by atoms with Crippen LogP contribution in [0.4, 0.5) is 5.13 Å². The standard InChI is InChI=1S/C20H23N5S/c21-19(24-11-13-25(14-12-24)20-23-10-15-26-20)22-9-8-17-6-3-5-16-4-1-2-7-18(16)17/h1-7,10,15H,8-9,11-14H2,(H2,21,22). The molecule has 1 aliphatic rings. The van der Waals surface area contributed by atoms with E-state index in [4.69, 9.17) is 5.73 Å². The molecule has 0 radical (unpaired) electrons. The lowest BCUT2D eigenvalue weighted by molar-refractivity contribution is 0.380. The van der Waals surface area contributed by atoms with Gasteiger partial charge < -0.3 is 15.5 Å². The zero-order valence-corrected chi connectivity index (χ0v) is 15.5. The molecule has 134 valence electrons. The van der Waals surface area contributed by atoms with Crippen LogP contribution in [0.1, 0.15) is 5.56 Å². The van der Waals surface area contributed by atoms with Gasteiger partial charge in [0.2, 0.25) is 0 Å². The Hall–Kier alpha value is -2.60. The molecule has 5 nitrogen and oxygen atoms in total. The number of thiazole rings is 1. The predicted octanol–water partition coefficient (Wildman–Crippen LogP) is 2.98. The molecule has 0 amide bonds. The summed E-state index contributed by atoms with van der Waals surface area (Å²) < 4.78 is 0. The number of fused-ring (bicyclic) bond motifs is 1. The lowest BCUT2D eigenvalue weighted by Gasteiger charge is -2.35. The van der Waals surface area contributed by atoms with Gasteiger partial charge in [0, 0.05) is 44.3 Å². The maximum absolute atomic E-state index is 6.23. The van der Waals surface area contributed by atoms with E-state index in [1.165, 1.54) is 16.3 Å². The highest BCUT2D eigenvalue weighted by Gasteiger charge is 2.19.